The Balaban J connectivity index is 2.37. The van der Waals surface area contributed by atoms with Crippen molar-refractivity contribution in [1.82, 2.24) is 0 Å². The van der Waals surface area contributed by atoms with Crippen LogP contribution in [0.2, 0.25) is 0 Å². The van der Waals surface area contributed by atoms with Crippen LogP contribution < -0.4 is 11.1 Å². The van der Waals surface area contributed by atoms with E-state index in [9.17, 15) is 4.79 Å². The van der Waals surface area contributed by atoms with Crippen LogP contribution in [0.25, 0.3) is 0 Å². The van der Waals surface area contributed by atoms with Crippen molar-refractivity contribution in [3.63, 3.8) is 0 Å². The van der Waals surface area contributed by atoms with Crippen LogP contribution in [0.1, 0.15) is 44.6 Å². The van der Waals surface area contributed by atoms with Gasteiger partial charge in [0, 0.05) is 17.8 Å². The predicted octanol–water partition coefficient (Wildman–Crippen LogP) is 3.49. The zero-order valence-corrected chi connectivity index (χ0v) is 10.8. The monoisotopic (exact) mass is 234 g/mol. The molecule has 1 aromatic rings. The highest BCUT2D eigenvalue weighted by atomic mass is 16.1. The molecule has 3 nitrogen and oxygen atoms in total. The molecule has 94 valence electrons. The van der Waals surface area contributed by atoms with Gasteiger partial charge in [0.05, 0.1) is 0 Å². The minimum absolute atomic E-state index is 0.0735. The number of carbonyl (C=O) groups is 1. The third kappa shape index (κ3) is 4.89. The fourth-order valence-corrected chi connectivity index (χ4v) is 1.65. The van der Waals surface area contributed by atoms with Crippen LogP contribution in [0.4, 0.5) is 11.4 Å². The summed E-state index contributed by atoms with van der Waals surface area (Å²) >= 11 is 0. The van der Waals surface area contributed by atoms with Crippen molar-refractivity contribution in [3.05, 3.63) is 23.8 Å². The second kappa shape index (κ2) is 6.94. The molecule has 1 rings (SSSR count). The molecule has 0 aromatic heterocycles. The van der Waals surface area contributed by atoms with E-state index >= 15 is 0 Å². The molecule has 3 N–H and O–H groups in total. The summed E-state index contributed by atoms with van der Waals surface area (Å²) in [5, 5.41) is 2.87. The fourth-order valence-electron chi connectivity index (χ4n) is 1.65. The molecular weight excluding hydrogens is 212 g/mol. The van der Waals surface area contributed by atoms with Gasteiger partial charge in [-0.2, -0.15) is 0 Å². The molecule has 0 aliphatic heterocycles. The highest BCUT2D eigenvalue weighted by molar-refractivity contribution is 5.91. The van der Waals surface area contributed by atoms with Gasteiger partial charge < -0.3 is 11.1 Å². The van der Waals surface area contributed by atoms with E-state index in [1.54, 1.807) is 6.07 Å². The first-order chi connectivity index (χ1) is 8.13. The molecule has 0 saturated carbocycles. The molecule has 0 atom stereocenters. The van der Waals surface area contributed by atoms with E-state index in [1.165, 1.54) is 12.8 Å². The molecule has 0 spiro atoms. The number of nitrogen functional groups attached to an aromatic ring is 1. The average molecular weight is 234 g/mol. The Bertz CT molecular complexity index is 374. The molecule has 0 radical (unpaired) electrons. The van der Waals surface area contributed by atoms with Gasteiger partial charge in [0.25, 0.3) is 0 Å². The molecule has 0 aliphatic carbocycles. The summed E-state index contributed by atoms with van der Waals surface area (Å²) in [5.41, 5.74) is 8.32. The number of amides is 1. The van der Waals surface area contributed by atoms with Crippen LogP contribution in [0.15, 0.2) is 18.2 Å². The normalized spacial score (nSPS) is 10.2. The van der Waals surface area contributed by atoms with Crippen LogP contribution in [-0.2, 0) is 4.79 Å². The lowest BCUT2D eigenvalue weighted by atomic mass is 10.1. The number of hydrogen-bond donors (Lipinski definition) is 2. The van der Waals surface area contributed by atoms with Crippen LogP contribution in [0, 0.1) is 6.92 Å². The summed E-state index contributed by atoms with van der Waals surface area (Å²) in [6, 6.07) is 5.61. The van der Waals surface area contributed by atoms with Gasteiger partial charge in [0.2, 0.25) is 5.91 Å². The highest BCUT2D eigenvalue weighted by Gasteiger charge is 2.03. The van der Waals surface area contributed by atoms with E-state index in [2.05, 4.69) is 12.2 Å². The molecule has 1 amide bonds. The zero-order valence-electron chi connectivity index (χ0n) is 10.8. The Morgan fingerprint density at radius 1 is 1.29 bits per heavy atom. The van der Waals surface area contributed by atoms with Crippen molar-refractivity contribution in [2.45, 2.75) is 46.0 Å². The van der Waals surface area contributed by atoms with Crippen LogP contribution in [-0.4, -0.2) is 5.91 Å². The Hall–Kier alpha value is -1.51. The summed E-state index contributed by atoms with van der Waals surface area (Å²) in [6.45, 7) is 4.11. The lowest BCUT2D eigenvalue weighted by molar-refractivity contribution is -0.116. The topological polar surface area (TPSA) is 55.1 Å². The minimum Gasteiger partial charge on any atom is -0.398 e. The van der Waals surface area contributed by atoms with E-state index in [1.807, 2.05) is 19.1 Å². The van der Waals surface area contributed by atoms with E-state index in [0.717, 1.165) is 24.1 Å². The number of hydrogen-bond acceptors (Lipinski definition) is 2. The number of benzene rings is 1. The number of rotatable bonds is 6. The molecular formula is C14H22N2O. The van der Waals surface area contributed by atoms with Gasteiger partial charge >= 0.3 is 0 Å². The van der Waals surface area contributed by atoms with E-state index in [-0.39, 0.29) is 5.91 Å². The summed E-state index contributed by atoms with van der Waals surface area (Å²) in [5.74, 6) is 0.0735. The summed E-state index contributed by atoms with van der Waals surface area (Å²) in [4.78, 5) is 11.6. The minimum atomic E-state index is 0.0735. The maximum atomic E-state index is 11.6. The van der Waals surface area contributed by atoms with Crippen molar-refractivity contribution in [1.29, 1.82) is 0 Å². The number of anilines is 2. The second-order valence-electron chi connectivity index (χ2n) is 4.43. The number of carbonyl (C=O) groups excluding carboxylic acids is 1. The quantitative estimate of drug-likeness (QED) is 0.584. The van der Waals surface area contributed by atoms with Gasteiger partial charge in [-0.05, 0) is 31.0 Å². The number of aryl methyl sites for hydroxylation is 1. The Kier molecular flexibility index (Phi) is 5.53. The van der Waals surface area contributed by atoms with Crippen molar-refractivity contribution in [3.8, 4) is 0 Å². The lowest BCUT2D eigenvalue weighted by Gasteiger charge is -2.07. The molecule has 0 saturated heterocycles. The first-order valence-corrected chi connectivity index (χ1v) is 6.29. The van der Waals surface area contributed by atoms with Crippen molar-refractivity contribution < 1.29 is 4.79 Å². The van der Waals surface area contributed by atoms with Crippen molar-refractivity contribution in [2.24, 2.45) is 0 Å². The maximum Gasteiger partial charge on any atom is 0.224 e. The van der Waals surface area contributed by atoms with Gasteiger partial charge in [-0.1, -0.05) is 32.3 Å². The van der Waals surface area contributed by atoms with E-state index in [4.69, 9.17) is 5.73 Å². The van der Waals surface area contributed by atoms with Gasteiger partial charge in [0.15, 0.2) is 0 Å². The van der Waals surface area contributed by atoms with Crippen LogP contribution in [0.3, 0.4) is 0 Å². The molecule has 0 fully saturated rings. The Morgan fingerprint density at radius 3 is 2.71 bits per heavy atom. The highest BCUT2D eigenvalue weighted by Crippen LogP contribution is 2.17. The van der Waals surface area contributed by atoms with E-state index < -0.39 is 0 Å². The van der Waals surface area contributed by atoms with Crippen LogP contribution in [0.5, 0.6) is 0 Å². The molecule has 0 bridgehead atoms. The molecule has 1 aromatic carbocycles. The summed E-state index contributed by atoms with van der Waals surface area (Å²) in [6.07, 6.45) is 5.07. The zero-order chi connectivity index (χ0) is 12.7. The van der Waals surface area contributed by atoms with Gasteiger partial charge in [0.1, 0.15) is 0 Å². The van der Waals surface area contributed by atoms with Gasteiger partial charge in [-0.25, -0.2) is 0 Å². The first kappa shape index (κ1) is 13.6. The van der Waals surface area contributed by atoms with Crippen LogP contribution >= 0.6 is 0 Å². The number of unbranched alkanes of at least 4 members (excludes halogenated alkanes) is 3. The second-order valence-corrected chi connectivity index (χ2v) is 4.43. The third-order valence-electron chi connectivity index (χ3n) is 2.82. The van der Waals surface area contributed by atoms with E-state index in [0.29, 0.717) is 12.1 Å². The first-order valence-electron chi connectivity index (χ1n) is 6.29. The number of nitrogens with two attached hydrogens (primary N) is 1. The smallest absolute Gasteiger partial charge is 0.224 e. The fraction of sp³-hybridized carbons (Fsp3) is 0.500. The standard InChI is InChI=1S/C14H22N2O/c1-3-4-5-6-7-14(17)16-12-9-8-11(2)13(15)10-12/h8-10H,3-7,15H2,1-2H3,(H,16,17). The van der Waals surface area contributed by atoms with Gasteiger partial charge in [-0.15, -0.1) is 0 Å². The maximum absolute atomic E-state index is 11.6. The molecule has 17 heavy (non-hydrogen) atoms. The molecule has 0 unspecified atom stereocenters. The summed E-state index contributed by atoms with van der Waals surface area (Å²) in [7, 11) is 0. The largest absolute Gasteiger partial charge is 0.398 e. The SMILES string of the molecule is CCCCCCC(=O)Nc1ccc(C)c(N)c1. The molecule has 3 heteroatoms. The summed E-state index contributed by atoms with van der Waals surface area (Å²) < 4.78 is 0. The predicted molar refractivity (Wildman–Crippen MR) is 73.0 cm³/mol. The molecule has 0 aliphatic rings. The van der Waals surface area contributed by atoms with Gasteiger partial charge in [-0.3, -0.25) is 4.79 Å². The van der Waals surface area contributed by atoms with Crippen molar-refractivity contribution in [2.75, 3.05) is 11.1 Å². The third-order valence-corrected chi connectivity index (χ3v) is 2.82. The Morgan fingerprint density at radius 2 is 2.06 bits per heavy atom. The lowest BCUT2D eigenvalue weighted by Crippen LogP contribution is -2.11. The molecule has 0 heterocycles. The Labute approximate surface area is 103 Å². The average Bonchev–Trinajstić information content (AvgIpc) is 2.30. The van der Waals surface area contributed by atoms with Crippen molar-refractivity contribution >= 4 is 17.3 Å². The number of nitrogens with one attached hydrogen (secondary N) is 1.